The SMILES string of the molecule is CSC1=C2SCCCC[n+]3ccc(cc3)-c3cc[n+](cc3)CCCCSC3=C(SC)S/C(=C(\S1)S2)S3.F[P-](F)(F)(F)(F)F.F[P-](F)(F)(F)(F)F. The van der Waals surface area contributed by atoms with Crippen molar-refractivity contribution in [2.24, 2.45) is 0 Å². The zero-order chi connectivity index (χ0) is 37.6. The van der Waals surface area contributed by atoms with E-state index in [4.69, 9.17) is 0 Å². The van der Waals surface area contributed by atoms with Crippen LogP contribution in [0.1, 0.15) is 25.7 Å². The molecule has 0 spiro atoms. The molecule has 0 aromatic carbocycles. The topological polar surface area (TPSA) is 7.76 Å². The van der Waals surface area contributed by atoms with Crippen LogP contribution < -0.4 is 9.13 Å². The summed E-state index contributed by atoms with van der Waals surface area (Å²) < 4.78 is 132. The number of halogens is 12. The molecule has 0 atom stereocenters. The number of rotatable bonds is 2. The summed E-state index contributed by atoms with van der Waals surface area (Å²) in [6.07, 6.45) is 18.3. The summed E-state index contributed by atoms with van der Waals surface area (Å²) in [7, 11) is -21.3. The molecule has 0 amide bonds. The average Bonchev–Trinajstić information content (AvgIpc) is 3.57. The Labute approximate surface area is 315 Å². The third-order valence-electron chi connectivity index (χ3n) is 5.82. The summed E-state index contributed by atoms with van der Waals surface area (Å²) in [5, 5.41) is 0. The predicted molar refractivity (Wildman–Crippen MR) is 201 cm³/mol. The number of fused-ring (bicyclic) bond motifs is 2. The molecule has 7 rings (SSSR count). The van der Waals surface area contributed by atoms with Crippen molar-refractivity contribution < 1.29 is 59.5 Å². The van der Waals surface area contributed by atoms with Gasteiger partial charge >= 0.3 is 66.0 Å². The van der Waals surface area contributed by atoms with E-state index in [1.807, 2.05) is 70.6 Å². The Morgan fingerprint density at radius 2 is 0.780 bits per heavy atom. The molecule has 2 aromatic rings. The molecule has 0 fully saturated rings. The third-order valence-corrected chi connectivity index (χ3v) is 17.3. The first-order valence-corrected chi connectivity index (χ1v) is 25.8. The Morgan fingerprint density at radius 3 is 1.06 bits per heavy atom. The van der Waals surface area contributed by atoms with Gasteiger partial charge in [-0.25, -0.2) is 9.13 Å². The number of hydrogen-bond acceptors (Lipinski definition) is 8. The molecule has 2 nitrogen and oxygen atoms in total. The van der Waals surface area contributed by atoms with E-state index in [2.05, 4.69) is 94.2 Å². The van der Waals surface area contributed by atoms with Gasteiger partial charge in [-0.15, -0.1) is 47.0 Å². The fraction of sp³-hybridized carbons (Fsp3) is 0.385. The summed E-state index contributed by atoms with van der Waals surface area (Å²) >= 11 is 16.0. The first-order valence-electron chi connectivity index (χ1n) is 14.0. The van der Waals surface area contributed by atoms with Crippen LogP contribution in [-0.2, 0) is 13.1 Å². The van der Waals surface area contributed by atoms with Gasteiger partial charge < -0.3 is 0 Å². The van der Waals surface area contributed by atoms with Gasteiger partial charge in [0, 0.05) is 37.1 Å². The molecule has 0 aliphatic carbocycles. The minimum atomic E-state index is -10.7. The van der Waals surface area contributed by atoms with Crippen LogP contribution in [0.15, 0.2) is 74.5 Å². The molecule has 0 radical (unpaired) electrons. The van der Waals surface area contributed by atoms with Gasteiger partial charge in [-0.2, -0.15) is 0 Å². The van der Waals surface area contributed by atoms with Gasteiger partial charge in [0.2, 0.25) is 0 Å². The van der Waals surface area contributed by atoms with Gasteiger partial charge in [0.05, 0.1) is 25.4 Å². The van der Waals surface area contributed by atoms with E-state index < -0.39 is 15.6 Å². The fourth-order valence-electron chi connectivity index (χ4n) is 3.86. The van der Waals surface area contributed by atoms with Crippen LogP contribution >= 0.6 is 110 Å². The summed E-state index contributed by atoms with van der Waals surface area (Å²) in [6.45, 7) is 2.16. The van der Waals surface area contributed by atoms with Crippen LogP contribution in [0.5, 0.6) is 0 Å². The molecule has 5 aliphatic rings. The maximum atomic E-state index is 9.87. The Hall–Kier alpha value is 0.340. The Kier molecular flexibility index (Phi) is 14.5. The predicted octanol–water partition coefficient (Wildman–Crippen LogP) is 15.8. The number of nitrogens with zero attached hydrogens (tertiary/aromatic N) is 2. The summed E-state index contributed by atoms with van der Waals surface area (Å²) in [4.78, 5) is 0. The van der Waals surface area contributed by atoms with Crippen molar-refractivity contribution in [2.75, 3.05) is 24.0 Å². The van der Waals surface area contributed by atoms with E-state index in [-0.39, 0.29) is 0 Å². The quantitative estimate of drug-likeness (QED) is 0.165. The van der Waals surface area contributed by atoms with Gasteiger partial charge in [-0.3, -0.25) is 0 Å². The molecule has 0 saturated heterocycles. The molecule has 24 heteroatoms. The molecule has 2 aromatic heterocycles. The number of hydrogen-bond donors (Lipinski definition) is 0. The second-order valence-corrected chi connectivity index (χ2v) is 23.5. The first kappa shape index (κ1) is 44.7. The van der Waals surface area contributed by atoms with E-state index in [1.54, 1.807) is 0 Å². The van der Waals surface area contributed by atoms with Gasteiger partial charge in [0.1, 0.15) is 13.1 Å². The number of thioether (sulfide) groups is 8. The van der Waals surface area contributed by atoms with Crippen molar-refractivity contribution in [3.05, 3.63) is 74.5 Å². The van der Waals surface area contributed by atoms with Gasteiger partial charge in [0.15, 0.2) is 24.8 Å². The summed E-state index contributed by atoms with van der Waals surface area (Å²) in [6, 6.07) is 9.01. The molecular weight excluding hydrogens is 887 g/mol. The number of aromatic nitrogens is 2. The fourth-order valence-corrected chi connectivity index (χ4v) is 15.1. The summed E-state index contributed by atoms with van der Waals surface area (Å²) in [5.41, 5.74) is 2.58. The molecule has 286 valence electrons. The number of pyridine rings is 2. The molecule has 0 saturated carbocycles. The molecule has 50 heavy (non-hydrogen) atoms. The molecule has 0 N–H and O–H groups in total. The number of aryl methyl sites for hydroxylation is 2. The monoisotopic (exact) mass is 916 g/mol. The second kappa shape index (κ2) is 16.2. The van der Waals surface area contributed by atoms with Gasteiger partial charge in [0.25, 0.3) is 0 Å². The maximum absolute atomic E-state index is 10.7. The zero-order valence-corrected chi connectivity index (χ0v) is 34.2. The summed E-state index contributed by atoms with van der Waals surface area (Å²) in [5.74, 6) is 2.38. The van der Waals surface area contributed by atoms with Crippen molar-refractivity contribution in [3.8, 4) is 11.1 Å². The van der Waals surface area contributed by atoms with Crippen molar-refractivity contribution in [1.82, 2.24) is 0 Å². The van der Waals surface area contributed by atoms with Gasteiger partial charge in [-0.05, 0) is 48.0 Å². The van der Waals surface area contributed by atoms with Crippen LogP contribution in [0.4, 0.5) is 50.4 Å². The van der Waals surface area contributed by atoms with E-state index in [9.17, 15) is 50.4 Å². The van der Waals surface area contributed by atoms with Crippen molar-refractivity contribution in [3.63, 3.8) is 0 Å². The van der Waals surface area contributed by atoms with E-state index >= 15 is 0 Å². The standard InChI is InChI=1S/C26H30N2S8.2F6P/c1-29-21-23-31-17-5-3-11-27-13-7-19(8-14-27)20-9-15-28(16-10-20)12-4-6-18-32-24-22(30-2)34-26(36-24)25(33-21)35-23;2*1-7(2,3,4,5)6/h7-10,13-16H,3-6,11-12,17-18H2,1-2H3;;/q+2;2*-1/b26-25-;;. The Bertz CT molecular complexity index is 1460. The zero-order valence-electron chi connectivity index (χ0n) is 25.9. The third kappa shape index (κ3) is 20.7. The molecule has 0 unspecified atom stereocenters. The van der Waals surface area contributed by atoms with Crippen molar-refractivity contribution >= 4 is 110 Å². The van der Waals surface area contributed by atoms with E-state index in [0.717, 1.165) is 13.1 Å². The van der Waals surface area contributed by atoms with E-state index in [1.165, 1.54) is 73.7 Å². The minimum absolute atomic E-state index is 1.08. The normalized spacial score (nSPS) is 22.3. The van der Waals surface area contributed by atoms with Crippen molar-refractivity contribution in [1.29, 1.82) is 0 Å². The van der Waals surface area contributed by atoms with Crippen LogP contribution in [-0.4, -0.2) is 24.0 Å². The van der Waals surface area contributed by atoms with Crippen LogP contribution in [0.25, 0.3) is 11.1 Å². The first-order chi connectivity index (χ1) is 22.6. The van der Waals surface area contributed by atoms with Gasteiger partial charge in [-0.1, -0.05) is 47.0 Å². The van der Waals surface area contributed by atoms with Crippen LogP contribution in [0.3, 0.4) is 0 Å². The van der Waals surface area contributed by atoms with Crippen LogP contribution in [0, 0.1) is 0 Å². The molecule has 7 heterocycles. The average molecular weight is 917 g/mol. The second-order valence-electron chi connectivity index (χ2n) is 10.2. The van der Waals surface area contributed by atoms with Crippen LogP contribution in [0.2, 0.25) is 0 Å². The molecule has 8 bridgehead atoms. The molecular formula is C26H30F12N2P2S8. The molecule has 5 aliphatic heterocycles. The Morgan fingerprint density at radius 1 is 0.480 bits per heavy atom. The van der Waals surface area contributed by atoms with Crippen molar-refractivity contribution in [2.45, 2.75) is 38.8 Å². The van der Waals surface area contributed by atoms with E-state index in [0.29, 0.717) is 0 Å². The Balaban J connectivity index is 0.000000408.